The van der Waals surface area contributed by atoms with Crippen LogP contribution in [0.25, 0.3) is 0 Å². The lowest BCUT2D eigenvalue weighted by Crippen LogP contribution is -2.05. The Balaban J connectivity index is 2.15. The van der Waals surface area contributed by atoms with Gasteiger partial charge in [0.25, 0.3) is 0 Å². The Morgan fingerprint density at radius 1 is 0.889 bits per heavy atom. The third-order valence-electron chi connectivity index (χ3n) is 3.46. The number of hydrogen-bond donors (Lipinski definition) is 0. The normalized spacial score (nSPS) is 11.0. The second-order valence-corrected chi connectivity index (χ2v) is 5.17. The quantitative estimate of drug-likeness (QED) is 0.547. The van der Waals surface area contributed by atoms with Crippen molar-refractivity contribution in [3.05, 3.63) is 11.9 Å². The van der Waals surface area contributed by atoms with Gasteiger partial charge in [-0.05, 0) is 19.3 Å². The summed E-state index contributed by atoms with van der Waals surface area (Å²) in [5, 5.41) is 8.24. The second kappa shape index (κ2) is 10.1. The van der Waals surface area contributed by atoms with E-state index in [4.69, 9.17) is 0 Å². The summed E-state index contributed by atoms with van der Waals surface area (Å²) in [6.07, 6.45) is 15.0. The van der Waals surface area contributed by atoms with Crippen molar-refractivity contribution in [3.8, 4) is 0 Å². The van der Waals surface area contributed by atoms with Crippen LogP contribution < -0.4 is 0 Å². The average molecular weight is 251 g/mol. The maximum absolute atomic E-state index is 4.20. The summed E-state index contributed by atoms with van der Waals surface area (Å²) in [5.41, 5.74) is 1.32. The van der Waals surface area contributed by atoms with Gasteiger partial charge < -0.3 is 0 Å². The fourth-order valence-corrected chi connectivity index (χ4v) is 2.26. The molecule has 0 saturated carbocycles. The lowest BCUT2D eigenvalue weighted by molar-refractivity contribution is 0.499. The van der Waals surface area contributed by atoms with Crippen LogP contribution in [0.4, 0.5) is 0 Å². The van der Waals surface area contributed by atoms with Crippen molar-refractivity contribution < 1.29 is 0 Å². The van der Waals surface area contributed by atoms with E-state index >= 15 is 0 Å². The molecule has 3 heteroatoms. The Kier molecular flexibility index (Phi) is 8.53. The third-order valence-corrected chi connectivity index (χ3v) is 3.46. The van der Waals surface area contributed by atoms with Crippen molar-refractivity contribution in [2.45, 2.75) is 84.6 Å². The largest absolute Gasteiger partial charge is 0.249 e. The van der Waals surface area contributed by atoms with Crippen LogP contribution in [0.15, 0.2) is 6.20 Å². The number of aryl methyl sites for hydroxylation is 2. The fourth-order valence-electron chi connectivity index (χ4n) is 2.26. The van der Waals surface area contributed by atoms with Crippen LogP contribution in [0.5, 0.6) is 0 Å². The third kappa shape index (κ3) is 6.18. The van der Waals surface area contributed by atoms with E-state index in [0.29, 0.717) is 0 Å². The molecule has 1 heterocycles. The van der Waals surface area contributed by atoms with E-state index < -0.39 is 0 Å². The van der Waals surface area contributed by atoms with Crippen molar-refractivity contribution in [2.75, 3.05) is 0 Å². The fraction of sp³-hybridized carbons (Fsp3) is 0.867. The smallest absolute Gasteiger partial charge is 0.0725 e. The van der Waals surface area contributed by atoms with Gasteiger partial charge in [-0.3, -0.25) is 0 Å². The number of rotatable bonds is 11. The molecule has 0 N–H and O–H groups in total. The van der Waals surface area contributed by atoms with Gasteiger partial charge in [0.15, 0.2) is 0 Å². The lowest BCUT2D eigenvalue weighted by Gasteiger charge is -2.06. The minimum Gasteiger partial charge on any atom is -0.249 e. The van der Waals surface area contributed by atoms with Crippen molar-refractivity contribution in [2.24, 2.45) is 0 Å². The summed E-state index contributed by atoms with van der Waals surface area (Å²) in [5.74, 6) is 0. The molecule has 0 saturated heterocycles. The first-order valence-electron chi connectivity index (χ1n) is 7.75. The van der Waals surface area contributed by atoms with Gasteiger partial charge in [0.1, 0.15) is 0 Å². The topological polar surface area (TPSA) is 30.7 Å². The van der Waals surface area contributed by atoms with Crippen LogP contribution in [-0.4, -0.2) is 15.0 Å². The lowest BCUT2D eigenvalue weighted by atomic mass is 10.1. The summed E-state index contributed by atoms with van der Waals surface area (Å²) in [6, 6.07) is 0. The Morgan fingerprint density at radius 2 is 1.56 bits per heavy atom. The Morgan fingerprint density at radius 3 is 2.33 bits per heavy atom. The van der Waals surface area contributed by atoms with E-state index in [-0.39, 0.29) is 0 Å². The van der Waals surface area contributed by atoms with Gasteiger partial charge in [-0.1, -0.05) is 64.0 Å². The number of unbranched alkanes of at least 4 members (excludes halogenated alkanes) is 7. The zero-order valence-electron chi connectivity index (χ0n) is 12.2. The summed E-state index contributed by atoms with van der Waals surface area (Å²) >= 11 is 0. The van der Waals surface area contributed by atoms with Crippen LogP contribution in [0.1, 0.15) is 77.3 Å². The highest BCUT2D eigenvalue weighted by Crippen LogP contribution is 2.09. The van der Waals surface area contributed by atoms with Gasteiger partial charge >= 0.3 is 0 Å². The highest BCUT2D eigenvalue weighted by atomic mass is 15.4. The highest BCUT2D eigenvalue weighted by Gasteiger charge is 2.03. The molecule has 18 heavy (non-hydrogen) atoms. The first-order chi connectivity index (χ1) is 8.88. The van der Waals surface area contributed by atoms with E-state index in [1.54, 1.807) is 0 Å². The van der Waals surface area contributed by atoms with Gasteiger partial charge in [0.2, 0.25) is 0 Å². The zero-order valence-corrected chi connectivity index (χ0v) is 12.2. The number of aromatic nitrogens is 3. The van der Waals surface area contributed by atoms with Crippen LogP contribution in [0.3, 0.4) is 0 Å². The molecule has 0 bridgehead atoms. The van der Waals surface area contributed by atoms with Crippen LogP contribution >= 0.6 is 0 Å². The highest BCUT2D eigenvalue weighted by molar-refractivity contribution is 4.93. The molecule has 0 aliphatic heterocycles. The summed E-state index contributed by atoms with van der Waals surface area (Å²) in [6.45, 7) is 5.55. The van der Waals surface area contributed by atoms with Gasteiger partial charge in [-0.2, -0.15) is 0 Å². The second-order valence-electron chi connectivity index (χ2n) is 5.17. The molecule has 0 fully saturated rings. The Bertz CT molecular complexity index is 294. The van der Waals surface area contributed by atoms with Gasteiger partial charge in [0, 0.05) is 6.54 Å². The average Bonchev–Trinajstić information content (AvgIpc) is 2.82. The molecule has 0 unspecified atom stereocenters. The van der Waals surface area contributed by atoms with Crippen LogP contribution in [0, 0.1) is 0 Å². The number of hydrogen-bond acceptors (Lipinski definition) is 2. The Hall–Kier alpha value is -0.860. The van der Waals surface area contributed by atoms with E-state index in [9.17, 15) is 0 Å². The van der Waals surface area contributed by atoms with E-state index in [0.717, 1.165) is 13.0 Å². The number of nitrogens with zero attached hydrogens (tertiary/aromatic N) is 3. The molecule has 0 aromatic carbocycles. The summed E-state index contributed by atoms with van der Waals surface area (Å²) in [4.78, 5) is 0. The van der Waals surface area contributed by atoms with Gasteiger partial charge in [-0.25, -0.2) is 4.68 Å². The molecule has 1 aromatic heterocycles. The van der Waals surface area contributed by atoms with E-state index in [1.807, 2.05) is 6.20 Å². The molecule has 0 radical (unpaired) electrons. The molecule has 0 atom stereocenters. The standard InChI is InChI=1S/C15H29N3/c1-3-5-7-8-9-11-13-18-15(14-16-17-18)12-10-6-4-2/h14H,3-13H2,1-2H3. The first kappa shape index (κ1) is 15.2. The van der Waals surface area contributed by atoms with Crippen molar-refractivity contribution in [1.82, 2.24) is 15.0 Å². The molecule has 104 valence electrons. The molecule has 1 aromatic rings. The van der Waals surface area contributed by atoms with E-state index in [1.165, 1.54) is 63.5 Å². The monoisotopic (exact) mass is 251 g/mol. The van der Waals surface area contributed by atoms with Crippen molar-refractivity contribution in [3.63, 3.8) is 0 Å². The molecular formula is C15H29N3. The van der Waals surface area contributed by atoms with Gasteiger partial charge in [-0.15, -0.1) is 5.10 Å². The van der Waals surface area contributed by atoms with Crippen LogP contribution in [0.2, 0.25) is 0 Å². The van der Waals surface area contributed by atoms with Gasteiger partial charge in [0.05, 0.1) is 11.9 Å². The summed E-state index contributed by atoms with van der Waals surface area (Å²) < 4.78 is 2.11. The predicted molar refractivity (Wildman–Crippen MR) is 76.6 cm³/mol. The first-order valence-corrected chi connectivity index (χ1v) is 7.75. The van der Waals surface area contributed by atoms with Crippen molar-refractivity contribution >= 4 is 0 Å². The minimum absolute atomic E-state index is 1.05. The molecule has 0 spiro atoms. The minimum atomic E-state index is 1.05. The maximum Gasteiger partial charge on any atom is 0.0725 e. The molecule has 0 aliphatic carbocycles. The molecular weight excluding hydrogens is 222 g/mol. The van der Waals surface area contributed by atoms with Crippen molar-refractivity contribution in [1.29, 1.82) is 0 Å². The van der Waals surface area contributed by atoms with Crippen LogP contribution in [-0.2, 0) is 13.0 Å². The summed E-state index contributed by atoms with van der Waals surface area (Å²) in [7, 11) is 0. The molecule has 3 nitrogen and oxygen atoms in total. The molecule has 0 aliphatic rings. The maximum atomic E-state index is 4.20. The zero-order chi connectivity index (χ0) is 13.1. The predicted octanol–water partition coefficient (Wildman–Crippen LogP) is 4.37. The van der Waals surface area contributed by atoms with E-state index in [2.05, 4.69) is 28.8 Å². The SMILES string of the molecule is CCCCCCCCn1nncc1CCCCC. The molecule has 0 amide bonds. The Labute approximate surface area is 112 Å². The molecule has 1 rings (SSSR count).